The van der Waals surface area contributed by atoms with Gasteiger partial charge in [-0.2, -0.15) is 0 Å². The van der Waals surface area contributed by atoms with Gasteiger partial charge in [0.1, 0.15) is 0 Å². The number of anilines is 1. The van der Waals surface area contributed by atoms with Crippen LogP contribution >= 0.6 is 15.9 Å². The van der Waals surface area contributed by atoms with E-state index in [0.717, 1.165) is 22.9 Å². The van der Waals surface area contributed by atoms with Crippen LogP contribution in [0.1, 0.15) is 32.3 Å². The Kier molecular flexibility index (Phi) is 7.01. The molecule has 0 bridgehead atoms. The number of nitrogens with one attached hydrogen (secondary N) is 1. The molecule has 1 aromatic rings. The van der Waals surface area contributed by atoms with Gasteiger partial charge in [0.25, 0.3) is 0 Å². The first-order chi connectivity index (χ1) is 9.52. The number of carbonyl (C=O) groups is 2. The number of esters is 1. The first-order valence-electron chi connectivity index (χ1n) is 6.45. The maximum absolute atomic E-state index is 11.5. The number of hydrogen-bond acceptors (Lipinski definition) is 3. The van der Waals surface area contributed by atoms with Gasteiger partial charge in [0.05, 0.1) is 6.61 Å². The van der Waals surface area contributed by atoms with Crippen molar-refractivity contribution in [3.63, 3.8) is 0 Å². The average Bonchev–Trinajstić information content (AvgIpc) is 2.39. The number of unbranched alkanes of at least 4 members (excludes halogenated alkanes) is 1. The lowest BCUT2D eigenvalue weighted by Gasteiger charge is -2.07. The lowest BCUT2D eigenvalue weighted by Crippen LogP contribution is -2.07. The molecule has 0 aliphatic heterocycles. The summed E-state index contributed by atoms with van der Waals surface area (Å²) in [6, 6.07) is 5.41. The molecular formula is C15H18BrNO3. The van der Waals surface area contributed by atoms with Crippen LogP contribution in [0.3, 0.4) is 0 Å². The SMILES string of the molecule is CCCCOC(=O)/C=C/c1cc(Br)ccc1NC(C)=O. The molecule has 1 N–H and O–H groups in total. The van der Waals surface area contributed by atoms with Crippen molar-refractivity contribution in [2.45, 2.75) is 26.7 Å². The first kappa shape index (κ1) is 16.4. The van der Waals surface area contributed by atoms with E-state index in [2.05, 4.69) is 21.2 Å². The van der Waals surface area contributed by atoms with Crippen molar-refractivity contribution in [3.05, 3.63) is 34.3 Å². The predicted octanol–water partition coefficient (Wildman–Crippen LogP) is 3.76. The number of halogens is 1. The molecule has 20 heavy (non-hydrogen) atoms. The maximum atomic E-state index is 11.5. The van der Waals surface area contributed by atoms with Crippen molar-refractivity contribution in [1.82, 2.24) is 0 Å². The molecule has 0 saturated heterocycles. The lowest BCUT2D eigenvalue weighted by molar-refractivity contribution is -0.137. The zero-order valence-electron chi connectivity index (χ0n) is 11.6. The predicted molar refractivity (Wildman–Crippen MR) is 83.3 cm³/mol. The summed E-state index contributed by atoms with van der Waals surface area (Å²) in [4.78, 5) is 22.6. The zero-order chi connectivity index (χ0) is 15.0. The monoisotopic (exact) mass is 339 g/mol. The van der Waals surface area contributed by atoms with Crippen molar-refractivity contribution in [2.75, 3.05) is 11.9 Å². The van der Waals surface area contributed by atoms with Crippen molar-refractivity contribution in [2.24, 2.45) is 0 Å². The van der Waals surface area contributed by atoms with Gasteiger partial charge in [-0.3, -0.25) is 4.79 Å². The van der Waals surface area contributed by atoms with E-state index in [1.807, 2.05) is 19.1 Å². The second-order valence-corrected chi connectivity index (χ2v) is 5.18. The Balaban J connectivity index is 2.76. The van der Waals surface area contributed by atoms with Gasteiger partial charge in [0, 0.05) is 23.2 Å². The highest BCUT2D eigenvalue weighted by atomic mass is 79.9. The van der Waals surface area contributed by atoms with Crippen LogP contribution in [0, 0.1) is 0 Å². The first-order valence-corrected chi connectivity index (χ1v) is 7.24. The number of ether oxygens (including phenoxy) is 1. The maximum Gasteiger partial charge on any atom is 0.330 e. The summed E-state index contributed by atoms with van der Waals surface area (Å²) in [5.74, 6) is -0.542. The molecule has 1 amide bonds. The van der Waals surface area contributed by atoms with E-state index in [1.165, 1.54) is 13.0 Å². The number of rotatable bonds is 6. The lowest BCUT2D eigenvalue weighted by atomic mass is 10.1. The molecular weight excluding hydrogens is 322 g/mol. The Bertz CT molecular complexity index is 512. The summed E-state index contributed by atoms with van der Waals surface area (Å²) in [6.45, 7) is 3.90. The van der Waals surface area contributed by atoms with Crippen molar-refractivity contribution >= 4 is 39.6 Å². The Labute approximate surface area is 127 Å². The van der Waals surface area contributed by atoms with Crippen molar-refractivity contribution in [3.8, 4) is 0 Å². The summed E-state index contributed by atoms with van der Waals surface area (Å²) < 4.78 is 5.90. The quantitative estimate of drug-likeness (QED) is 0.487. The molecule has 108 valence electrons. The van der Waals surface area contributed by atoms with E-state index in [0.29, 0.717) is 12.3 Å². The van der Waals surface area contributed by atoms with Crippen LogP contribution in [-0.4, -0.2) is 18.5 Å². The topological polar surface area (TPSA) is 55.4 Å². The summed E-state index contributed by atoms with van der Waals surface area (Å²) in [6.07, 6.45) is 4.83. The van der Waals surface area contributed by atoms with Gasteiger partial charge in [0.15, 0.2) is 0 Å². The van der Waals surface area contributed by atoms with Gasteiger partial charge >= 0.3 is 5.97 Å². The molecule has 0 unspecified atom stereocenters. The van der Waals surface area contributed by atoms with Crippen LogP contribution in [0.25, 0.3) is 6.08 Å². The second-order valence-electron chi connectivity index (χ2n) is 4.27. The highest BCUT2D eigenvalue weighted by Gasteiger charge is 2.03. The normalized spacial score (nSPS) is 10.6. The Hall–Kier alpha value is -1.62. The number of hydrogen-bond donors (Lipinski definition) is 1. The Morgan fingerprint density at radius 1 is 1.40 bits per heavy atom. The minimum atomic E-state index is -0.382. The van der Waals surface area contributed by atoms with E-state index >= 15 is 0 Å². The van der Waals surface area contributed by atoms with E-state index < -0.39 is 0 Å². The fraction of sp³-hybridized carbons (Fsp3) is 0.333. The van der Waals surface area contributed by atoms with Gasteiger partial charge in [-0.15, -0.1) is 0 Å². The van der Waals surface area contributed by atoms with Crippen LogP contribution < -0.4 is 5.32 Å². The summed E-state index contributed by atoms with van der Waals surface area (Å²) in [5.41, 5.74) is 1.39. The molecule has 0 spiro atoms. The molecule has 0 heterocycles. The van der Waals surface area contributed by atoms with Crippen molar-refractivity contribution in [1.29, 1.82) is 0 Å². The van der Waals surface area contributed by atoms with Crippen LogP contribution in [0.5, 0.6) is 0 Å². The standard InChI is InChI=1S/C15H18BrNO3/c1-3-4-9-20-15(19)8-5-12-10-13(16)6-7-14(12)17-11(2)18/h5-8,10H,3-4,9H2,1-2H3,(H,17,18)/b8-5+. The van der Waals surface area contributed by atoms with E-state index in [9.17, 15) is 9.59 Å². The molecule has 0 aromatic heterocycles. The molecule has 4 nitrogen and oxygen atoms in total. The summed E-state index contributed by atoms with van der Waals surface area (Å²) in [5, 5.41) is 2.71. The van der Waals surface area contributed by atoms with Crippen LogP contribution in [-0.2, 0) is 14.3 Å². The van der Waals surface area contributed by atoms with Gasteiger partial charge in [-0.05, 0) is 36.3 Å². The molecule has 5 heteroatoms. The number of amides is 1. The third-order valence-corrected chi connectivity index (χ3v) is 2.96. The van der Waals surface area contributed by atoms with Gasteiger partial charge in [-0.25, -0.2) is 4.79 Å². The summed E-state index contributed by atoms with van der Waals surface area (Å²) in [7, 11) is 0. The number of carbonyl (C=O) groups excluding carboxylic acids is 2. The average molecular weight is 340 g/mol. The molecule has 0 radical (unpaired) electrons. The highest BCUT2D eigenvalue weighted by molar-refractivity contribution is 9.10. The molecule has 0 fully saturated rings. The third-order valence-electron chi connectivity index (χ3n) is 2.47. The minimum Gasteiger partial charge on any atom is -0.463 e. The van der Waals surface area contributed by atoms with Gasteiger partial charge < -0.3 is 10.1 Å². The van der Waals surface area contributed by atoms with Crippen LogP contribution in [0.4, 0.5) is 5.69 Å². The van der Waals surface area contributed by atoms with E-state index in [4.69, 9.17) is 4.74 Å². The van der Waals surface area contributed by atoms with Crippen LogP contribution in [0.2, 0.25) is 0 Å². The van der Waals surface area contributed by atoms with Crippen molar-refractivity contribution < 1.29 is 14.3 Å². The third kappa shape index (κ3) is 6.02. The zero-order valence-corrected chi connectivity index (χ0v) is 13.2. The van der Waals surface area contributed by atoms with E-state index in [1.54, 1.807) is 12.1 Å². The second kappa shape index (κ2) is 8.53. The van der Waals surface area contributed by atoms with Gasteiger partial charge in [-0.1, -0.05) is 29.3 Å². The molecule has 0 atom stereocenters. The fourth-order valence-corrected chi connectivity index (χ4v) is 1.88. The molecule has 1 rings (SSSR count). The van der Waals surface area contributed by atoms with Crippen LogP contribution in [0.15, 0.2) is 28.7 Å². The fourth-order valence-electron chi connectivity index (χ4n) is 1.50. The van der Waals surface area contributed by atoms with Gasteiger partial charge in [0.2, 0.25) is 5.91 Å². The Morgan fingerprint density at radius 2 is 2.15 bits per heavy atom. The highest BCUT2D eigenvalue weighted by Crippen LogP contribution is 2.22. The number of benzene rings is 1. The van der Waals surface area contributed by atoms with E-state index in [-0.39, 0.29) is 11.9 Å². The smallest absolute Gasteiger partial charge is 0.330 e. The molecule has 0 aliphatic carbocycles. The Morgan fingerprint density at radius 3 is 2.80 bits per heavy atom. The largest absolute Gasteiger partial charge is 0.463 e. The molecule has 0 saturated carbocycles. The minimum absolute atomic E-state index is 0.160. The molecule has 0 aliphatic rings. The summed E-state index contributed by atoms with van der Waals surface area (Å²) >= 11 is 3.36. The molecule has 1 aromatic carbocycles.